The Morgan fingerprint density at radius 3 is 2.73 bits per heavy atom. The molecule has 1 aromatic rings. The maximum atomic E-state index is 6.09. The molecule has 0 saturated carbocycles. The molecule has 0 heterocycles. The van der Waals surface area contributed by atoms with Gasteiger partial charge >= 0.3 is 0 Å². The SMILES string of the molecule is CCC#CC(C)Cc1cccc(Cl)c1Cl. The van der Waals surface area contributed by atoms with Crippen molar-refractivity contribution in [2.24, 2.45) is 5.92 Å². The third-order valence-corrected chi connectivity index (χ3v) is 2.94. The van der Waals surface area contributed by atoms with Gasteiger partial charge in [-0.1, -0.05) is 55.1 Å². The van der Waals surface area contributed by atoms with Crippen molar-refractivity contribution in [3.8, 4) is 11.8 Å². The lowest BCUT2D eigenvalue weighted by Crippen LogP contribution is -1.97. The van der Waals surface area contributed by atoms with E-state index in [1.807, 2.05) is 19.1 Å². The fourth-order valence-corrected chi connectivity index (χ4v) is 1.76. The Balaban J connectivity index is 2.76. The zero-order chi connectivity index (χ0) is 11.3. The third kappa shape index (κ3) is 3.78. The van der Waals surface area contributed by atoms with Crippen LogP contribution in [0.2, 0.25) is 10.0 Å². The normalized spacial score (nSPS) is 11.7. The molecule has 0 N–H and O–H groups in total. The summed E-state index contributed by atoms with van der Waals surface area (Å²) in [6, 6.07) is 5.72. The molecule has 0 aliphatic heterocycles. The van der Waals surface area contributed by atoms with Gasteiger partial charge < -0.3 is 0 Å². The molecule has 1 unspecified atom stereocenters. The molecule has 0 radical (unpaired) electrons. The van der Waals surface area contributed by atoms with Gasteiger partial charge in [-0.15, -0.1) is 5.92 Å². The van der Waals surface area contributed by atoms with Crippen molar-refractivity contribution in [1.82, 2.24) is 0 Å². The van der Waals surface area contributed by atoms with E-state index in [4.69, 9.17) is 23.2 Å². The van der Waals surface area contributed by atoms with Crippen molar-refractivity contribution in [1.29, 1.82) is 0 Å². The minimum atomic E-state index is 0.320. The van der Waals surface area contributed by atoms with Gasteiger partial charge in [-0.05, 0) is 18.1 Å². The van der Waals surface area contributed by atoms with E-state index >= 15 is 0 Å². The predicted molar refractivity (Wildman–Crippen MR) is 67.4 cm³/mol. The molecule has 80 valence electrons. The molecule has 0 aliphatic carbocycles. The molecule has 1 aromatic carbocycles. The molecule has 0 saturated heterocycles. The van der Waals surface area contributed by atoms with E-state index in [1.54, 1.807) is 6.07 Å². The third-order valence-electron chi connectivity index (χ3n) is 2.08. The highest BCUT2D eigenvalue weighted by molar-refractivity contribution is 6.42. The van der Waals surface area contributed by atoms with Crippen LogP contribution in [0.3, 0.4) is 0 Å². The van der Waals surface area contributed by atoms with Gasteiger partial charge in [-0.25, -0.2) is 0 Å². The van der Waals surface area contributed by atoms with Gasteiger partial charge in [0.25, 0.3) is 0 Å². The first-order chi connectivity index (χ1) is 7.15. The largest absolute Gasteiger partial charge is 0.103 e. The Labute approximate surface area is 102 Å². The van der Waals surface area contributed by atoms with Crippen molar-refractivity contribution in [2.45, 2.75) is 26.7 Å². The highest BCUT2D eigenvalue weighted by Crippen LogP contribution is 2.27. The van der Waals surface area contributed by atoms with Crippen molar-refractivity contribution >= 4 is 23.2 Å². The van der Waals surface area contributed by atoms with Gasteiger partial charge in [-0.3, -0.25) is 0 Å². The van der Waals surface area contributed by atoms with Gasteiger partial charge in [0.1, 0.15) is 0 Å². The lowest BCUT2D eigenvalue weighted by atomic mass is 10.0. The van der Waals surface area contributed by atoms with Crippen LogP contribution in [0.15, 0.2) is 18.2 Å². The summed E-state index contributed by atoms with van der Waals surface area (Å²) in [4.78, 5) is 0. The molecule has 1 rings (SSSR count). The molecule has 0 spiro atoms. The summed E-state index contributed by atoms with van der Waals surface area (Å²) >= 11 is 12.0. The summed E-state index contributed by atoms with van der Waals surface area (Å²) in [7, 11) is 0. The van der Waals surface area contributed by atoms with E-state index in [0.717, 1.165) is 18.4 Å². The summed E-state index contributed by atoms with van der Waals surface area (Å²) in [6.45, 7) is 4.14. The molecule has 0 fully saturated rings. The van der Waals surface area contributed by atoms with Gasteiger partial charge in [-0.2, -0.15) is 0 Å². The fraction of sp³-hybridized carbons (Fsp3) is 0.385. The summed E-state index contributed by atoms with van der Waals surface area (Å²) in [5.41, 5.74) is 1.07. The van der Waals surface area contributed by atoms with Gasteiger partial charge in [0.2, 0.25) is 0 Å². The fourth-order valence-electron chi connectivity index (χ4n) is 1.36. The van der Waals surface area contributed by atoms with Crippen LogP contribution >= 0.6 is 23.2 Å². The van der Waals surface area contributed by atoms with Crippen LogP contribution < -0.4 is 0 Å². The first-order valence-electron chi connectivity index (χ1n) is 5.06. The quantitative estimate of drug-likeness (QED) is 0.664. The van der Waals surface area contributed by atoms with Crippen molar-refractivity contribution in [3.63, 3.8) is 0 Å². The van der Waals surface area contributed by atoms with Crippen LogP contribution in [0, 0.1) is 17.8 Å². The maximum Gasteiger partial charge on any atom is 0.0624 e. The minimum Gasteiger partial charge on any atom is -0.103 e. The standard InChI is InChI=1S/C13H14Cl2/c1-3-4-6-10(2)9-11-7-5-8-12(14)13(11)15/h5,7-8,10H,3,9H2,1-2H3. The molecule has 0 nitrogen and oxygen atoms in total. The molecular weight excluding hydrogens is 227 g/mol. The van der Waals surface area contributed by atoms with E-state index in [-0.39, 0.29) is 0 Å². The lowest BCUT2D eigenvalue weighted by Gasteiger charge is -2.07. The van der Waals surface area contributed by atoms with Crippen molar-refractivity contribution < 1.29 is 0 Å². The monoisotopic (exact) mass is 240 g/mol. The van der Waals surface area contributed by atoms with Crippen LogP contribution in [-0.2, 0) is 6.42 Å². The van der Waals surface area contributed by atoms with Crippen LogP contribution in [0.1, 0.15) is 25.8 Å². The Kier molecular flexibility index (Phi) is 5.02. The topological polar surface area (TPSA) is 0 Å². The van der Waals surface area contributed by atoms with E-state index in [9.17, 15) is 0 Å². The molecule has 0 aromatic heterocycles. The first-order valence-corrected chi connectivity index (χ1v) is 5.82. The molecule has 2 heteroatoms. The maximum absolute atomic E-state index is 6.09. The highest BCUT2D eigenvalue weighted by atomic mass is 35.5. The summed E-state index contributed by atoms with van der Waals surface area (Å²) in [6.07, 6.45) is 1.75. The van der Waals surface area contributed by atoms with Crippen LogP contribution in [0.5, 0.6) is 0 Å². The Bertz CT molecular complexity index is 385. The second-order valence-corrected chi connectivity index (χ2v) is 4.28. The second kappa shape index (κ2) is 6.05. The number of benzene rings is 1. The lowest BCUT2D eigenvalue weighted by molar-refractivity contribution is 0.749. The average molecular weight is 241 g/mol. The Hall–Kier alpha value is -0.640. The van der Waals surface area contributed by atoms with Crippen LogP contribution in [0.4, 0.5) is 0 Å². The number of hydrogen-bond donors (Lipinski definition) is 0. The number of hydrogen-bond acceptors (Lipinski definition) is 0. The van der Waals surface area contributed by atoms with E-state index < -0.39 is 0 Å². The number of halogens is 2. The molecule has 15 heavy (non-hydrogen) atoms. The zero-order valence-corrected chi connectivity index (χ0v) is 10.5. The van der Waals surface area contributed by atoms with Crippen molar-refractivity contribution in [2.75, 3.05) is 0 Å². The van der Waals surface area contributed by atoms with Crippen LogP contribution in [-0.4, -0.2) is 0 Å². The predicted octanol–water partition coefficient (Wildman–Crippen LogP) is 4.59. The number of rotatable bonds is 2. The van der Waals surface area contributed by atoms with Crippen LogP contribution in [0.25, 0.3) is 0 Å². The second-order valence-electron chi connectivity index (χ2n) is 3.49. The Morgan fingerprint density at radius 1 is 1.33 bits per heavy atom. The van der Waals surface area contributed by atoms with Crippen molar-refractivity contribution in [3.05, 3.63) is 33.8 Å². The van der Waals surface area contributed by atoms with E-state index in [2.05, 4.69) is 18.8 Å². The molecule has 0 bridgehead atoms. The minimum absolute atomic E-state index is 0.320. The van der Waals surface area contributed by atoms with Gasteiger partial charge in [0, 0.05) is 12.3 Å². The molecule has 0 aliphatic rings. The van der Waals surface area contributed by atoms with E-state index in [1.165, 1.54) is 0 Å². The summed E-state index contributed by atoms with van der Waals surface area (Å²) in [5.74, 6) is 6.57. The average Bonchev–Trinajstić information content (AvgIpc) is 2.22. The highest BCUT2D eigenvalue weighted by Gasteiger charge is 2.06. The van der Waals surface area contributed by atoms with Gasteiger partial charge in [0.15, 0.2) is 0 Å². The Morgan fingerprint density at radius 2 is 2.07 bits per heavy atom. The zero-order valence-electron chi connectivity index (χ0n) is 8.98. The molecular formula is C13H14Cl2. The molecule has 1 atom stereocenters. The smallest absolute Gasteiger partial charge is 0.0624 e. The summed E-state index contributed by atoms with van der Waals surface area (Å²) in [5, 5.41) is 1.27. The van der Waals surface area contributed by atoms with E-state index in [0.29, 0.717) is 16.0 Å². The first kappa shape index (κ1) is 12.4. The van der Waals surface area contributed by atoms with Gasteiger partial charge in [0.05, 0.1) is 10.0 Å². The summed E-state index contributed by atoms with van der Waals surface area (Å²) < 4.78 is 0. The molecule has 0 amide bonds.